The summed E-state index contributed by atoms with van der Waals surface area (Å²) in [6, 6.07) is 4.91. The predicted molar refractivity (Wildman–Crippen MR) is 84.2 cm³/mol. The maximum Gasteiger partial charge on any atom is 0.223 e. The lowest BCUT2D eigenvalue weighted by Gasteiger charge is -2.08. The second-order valence-corrected chi connectivity index (χ2v) is 5.58. The Labute approximate surface area is 138 Å². The smallest absolute Gasteiger partial charge is 0.223 e. The van der Waals surface area contributed by atoms with E-state index >= 15 is 0 Å². The Morgan fingerprint density at radius 2 is 1.95 bits per heavy atom. The standard InChI is InChI=1S/C14H16Cl2N4O2/c1-9-18-19-13(20(9)2)8-17-14(21)3-4-22-12-6-10(15)5-11(16)7-12/h5-7H,3-4,8H2,1-2H3,(H,17,21). The van der Waals surface area contributed by atoms with Crippen LogP contribution in [-0.4, -0.2) is 27.3 Å². The van der Waals surface area contributed by atoms with Crippen LogP contribution in [0.25, 0.3) is 0 Å². The number of halogens is 2. The molecule has 8 heteroatoms. The summed E-state index contributed by atoms with van der Waals surface area (Å²) >= 11 is 11.7. The fraction of sp³-hybridized carbons (Fsp3) is 0.357. The van der Waals surface area contributed by atoms with Crippen molar-refractivity contribution < 1.29 is 9.53 Å². The third kappa shape index (κ3) is 4.61. The Hall–Kier alpha value is -1.79. The molecule has 0 fully saturated rings. The molecule has 0 atom stereocenters. The highest BCUT2D eigenvalue weighted by Crippen LogP contribution is 2.24. The Morgan fingerprint density at radius 1 is 1.27 bits per heavy atom. The molecule has 1 N–H and O–H groups in total. The number of rotatable bonds is 6. The van der Waals surface area contributed by atoms with E-state index < -0.39 is 0 Å². The molecule has 2 aromatic rings. The number of ether oxygens (including phenoxy) is 1. The number of benzene rings is 1. The normalized spacial score (nSPS) is 10.5. The van der Waals surface area contributed by atoms with Gasteiger partial charge in [-0.1, -0.05) is 23.2 Å². The predicted octanol–water partition coefficient (Wildman–Crippen LogP) is 2.52. The van der Waals surface area contributed by atoms with Gasteiger partial charge in [0.15, 0.2) is 5.82 Å². The molecule has 6 nitrogen and oxygen atoms in total. The van der Waals surface area contributed by atoms with Crippen LogP contribution in [0.3, 0.4) is 0 Å². The number of nitrogens with one attached hydrogen (secondary N) is 1. The van der Waals surface area contributed by atoms with Crippen LogP contribution in [0.1, 0.15) is 18.1 Å². The first-order valence-electron chi connectivity index (χ1n) is 6.66. The van der Waals surface area contributed by atoms with Crippen LogP contribution < -0.4 is 10.1 Å². The van der Waals surface area contributed by atoms with Gasteiger partial charge in [0.2, 0.25) is 5.91 Å². The van der Waals surface area contributed by atoms with Gasteiger partial charge in [-0.15, -0.1) is 10.2 Å². The van der Waals surface area contributed by atoms with E-state index in [-0.39, 0.29) is 18.9 Å². The van der Waals surface area contributed by atoms with E-state index in [0.29, 0.717) is 28.2 Å². The van der Waals surface area contributed by atoms with Crippen LogP contribution in [0.15, 0.2) is 18.2 Å². The van der Waals surface area contributed by atoms with Crippen LogP contribution in [0.2, 0.25) is 10.0 Å². The van der Waals surface area contributed by atoms with Gasteiger partial charge in [-0.25, -0.2) is 0 Å². The van der Waals surface area contributed by atoms with Crippen LogP contribution in [0, 0.1) is 6.92 Å². The van der Waals surface area contributed by atoms with Crippen LogP contribution in [-0.2, 0) is 18.4 Å². The van der Waals surface area contributed by atoms with Crippen molar-refractivity contribution >= 4 is 29.1 Å². The van der Waals surface area contributed by atoms with Crippen LogP contribution >= 0.6 is 23.2 Å². The number of hydrogen-bond acceptors (Lipinski definition) is 4. The summed E-state index contributed by atoms with van der Waals surface area (Å²) in [5, 5.41) is 11.6. The minimum atomic E-state index is -0.131. The Bertz CT molecular complexity index is 653. The molecule has 1 aromatic carbocycles. The Balaban J connectivity index is 1.75. The van der Waals surface area contributed by atoms with Crippen molar-refractivity contribution in [3.8, 4) is 5.75 Å². The molecule has 1 amide bonds. The number of hydrogen-bond donors (Lipinski definition) is 1. The molecule has 0 aliphatic carbocycles. The SMILES string of the molecule is Cc1nnc(CNC(=O)CCOc2cc(Cl)cc(Cl)c2)n1C. The van der Waals surface area contributed by atoms with Gasteiger partial charge >= 0.3 is 0 Å². The molecular formula is C14H16Cl2N4O2. The maximum atomic E-state index is 11.8. The lowest BCUT2D eigenvalue weighted by atomic mass is 10.3. The fourth-order valence-electron chi connectivity index (χ4n) is 1.74. The summed E-state index contributed by atoms with van der Waals surface area (Å²) in [4.78, 5) is 11.8. The van der Waals surface area contributed by atoms with Crippen LogP contribution in [0.5, 0.6) is 5.75 Å². The molecule has 0 spiro atoms. The number of carbonyl (C=O) groups excluding carboxylic acids is 1. The molecule has 22 heavy (non-hydrogen) atoms. The van der Waals surface area contributed by atoms with Gasteiger partial charge < -0.3 is 14.6 Å². The van der Waals surface area contributed by atoms with E-state index in [0.717, 1.165) is 5.82 Å². The average Bonchev–Trinajstić information content (AvgIpc) is 2.75. The minimum absolute atomic E-state index is 0.131. The molecule has 1 heterocycles. The molecule has 2 rings (SSSR count). The molecule has 118 valence electrons. The quantitative estimate of drug-likeness (QED) is 0.875. The highest BCUT2D eigenvalue weighted by molar-refractivity contribution is 6.34. The lowest BCUT2D eigenvalue weighted by molar-refractivity contribution is -0.121. The summed E-state index contributed by atoms with van der Waals surface area (Å²) in [6.07, 6.45) is 0.223. The van der Waals surface area contributed by atoms with E-state index in [1.54, 1.807) is 18.2 Å². The Kier molecular flexibility index (Phi) is 5.63. The first kappa shape index (κ1) is 16.6. The molecular weight excluding hydrogens is 327 g/mol. The largest absolute Gasteiger partial charge is 0.493 e. The van der Waals surface area contributed by atoms with Gasteiger partial charge in [0.05, 0.1) is 19.6 Å². The molecule has 0 unspecified atom stereocenters. The zero-order valence-corrected chi connectivity index (χ0v) is 13.8. The summed E-state index contributed by atoms with van der Waals surface area (Å²) in [6.45, 7) is 2.42. The van der Waals surface area contributed by atoms with Crippen molar-refractivity contribution in [2.75, 3.05) is 6.61 Å². The monoisotopic (exact) mass is 342 g/mol. The van der Waals surface area contributed by atoms with E-state index in [1.807, 2.05) is 18.5 Å². The van der Waals surface area contributed by atoms with E-state index in [2.05, 4.69) is 15.5 Å². The van der Waals surface area contributed by atoms with Crippen molar-refractivity contribution in [3.05, 3.63) is 39.9 Å². The zero-order valence-electron chi connectivity index (χ0n) is 12.3. The molecule has 0 radical (unpaired) electrons. The summed E-state index contributed by atoms with van der Waals surface area (Å²) in [7, 11) is 1.85. The van der Waals surface area contributed by atoms with Crippen molar-refractivity contribution in [3.63, 3.8) is 0 Å². The highest BCUT2D eigenvalue weighted by atomic mass is 35.5. The van der Waals surface area contributed by atoms with Crippen molar-refractivity contribution in [2.24, 2.45) is 7.05 Å². The summed E-state index contributed by atoms with van der Waals surface area (Å²) < 4.78 is 7.28. The molecule has 0 aliphatic heterocycles. The molecule has 0 aliphatic rings. The van der Waals surface area contributed by atoms with Gasteiger partial charge in [0.1, 0.15) is 11.6 Å². The van der Waals surface area contributed by atoms with Crippen molar-refractivity contribution in [2.45, 2.75) is 19.9 Å². The minimum Gasteiger partial charge on any atom is -0.493 e. The summed E-state index contributed by atoms with van der Waals surface area (Å²) in [5.41, 5.74) is 0. The highest BCUT2D eigenvalue weighted by Gasteiger charge is 2.07. The van der Waals surface area contributed by atoms with Crippen molar-refractivity contribution in [1.29, 1.82) is 0 Å². The number of aromatic nitrogens is 3. The van der Waals surface area contributed by atoms with Crippen LogP contribution in [0.4, 0.5) is 0 Å². The van der Waals surface area contributed by atoms with E-state index in [4.69, 9.17) is 27.9 Å². The first-order chi connectivity index (χ1) is 10.5. The van der Waals surface area contributed by atoms with Gasteiger partial charge in [-0.2, -0.15) is 0 Å². The van der Waals surface area contributed by atoms with Gasteiger partial charge in [-0.05, 0) is 25.1 Å². The third-order valence-corrected chi connectivity index (χ3v) is 3.50. The van der Waals surface area contributed by atoms with Gasteiger partial charge in [0.25, 0.3) is 0 Å². The van der Waals surface area contributed by atoms with Gasteiger partial charge in [0, 0.05) is 17.1 Å². The third-order valence-electron chi connectivity index (χ3n) is 3.06. The fourth-order valence-corrected chi connectivity index (χ4v) is 2.25. The van der Waals surface area contributed by atoms with Crippen molar-refractivity contribution in [1.82, 2.24) is 20.1 Å². The number of nitrogens with zero attached hydrogens (tertiary/aromatic N) is 3. The van der Waals surface area contributed by atoms with E-state index in [1.165, 1.54) is 0 Å². The summed E-state index contributed by atoms with van der Waals surface area (Å²) in [5.74, 6) is 1.90. The molecule has 0 saturated carbocycles. The van der Waals surface area contributed by atoms with E-state index in [9.17, 15) is 4.79 Å². The lowest BCUT2D eigenvalue weighted by Crippen LogP contribution is -2.25. The molecule has 0 saturated heterocycles. The molecule has 1 aromatic heterocycles. The second-order valence-electron chi connectivity index (χ2n) is 4.70. The zero-order chi connectivity index (χ0) is 16.1. The Morgan fingerprint density at radius 3 is 2.55 bits per heavy atom. The maximum absolute atomic E-state index is 11.8. The average molecular weight is 343 g/mol. The number of amides is 1. The second kappa shape index (κ2) is 7.47. The molecule has 0 bridgehead atoms. The first-order valence-corrected chi connectivity index (χ1v) is 7.42. The number of aryl methyl sites for hydroxylation is 1. The van der Waals surface area contributed by atoms with Gasteiger partial charge in [-0.3, -0.25) is 4.79 Å². The topological polar surface area (TPSA) is 69.0 Å². The number of carbonyl (C=O) groups is 1.